The molecule has 7 nitrogen and oxygen atoms in total. The minimum atomic E-state index is -0.181. The first-order chi connectivity index (χ1) is 14.1. The zero-order valence-electron chi connectivity index (χ0n) is 17.9. The summed E-state index contributed by atoms with van der Waals surface area (Å²) in [7, 11) is 0. The molecule has 0 aliphatic rings. The van der Waals surface area contributed by atoms with Gasteiger partial charge in [0.15, 0.2) is 0 Å². The largest absolute Gasteiger partial charge is 1.00 e. The predicted octanol–water partition coefficient (Wildman–Crippen LogP) is -1.35. The second-order valence-corrected chi connectivity index (χ2v) is 7.90. The fraction of sp³-hybridized carbons (Fsp3) is 0. The summed E-state index contributed by atoms with van der Waals surface area (Å²) < 4.78 is 5.31. The molecule has 0 radical (unpaired) electrons. The van der Waals surface area contributed by atoms with Crippen molar-refractivity contribution in [3.05, 3.63) is 98.0 Å². The van der Waals surface area contributed by atoms with Gasteiger partial charge >= 0.3 is 138 Å². The molecule has 4 aromatic rings. The van der Waals surface area contributed by atoms with Crippen molar-refractivity contribution in [3.63, 3.8) is 0 Å². The van der Waals surface area contributed by atoms with Gasteiger partial charge in [-0.05, 0) is 83.3 Å². The SMILES string of the molecule is Brc1ccc(-n2cccn2)cc1.Brc1ccc(I)cc1.O=CO[O-].[Cs+].[Cs+].[H-].c1cn[nH]c1. The first kappa shape index (κ1) is 35.2. The van der Waals surface area contributed by atoms with Crippen LogP contribution >= 0.6 is 54.5 Å². The normalized spacial score (nSPS) is 8.26. The Bertz CT molecular complexity index is 867. The van der Waals surface area contributed by atoms with Gasteiger partial charge in [-0.3, -0.25) is 9.89 Å². The Morgan fingerprint density at radius 3 is 1.87 bits per heavy atom. The number of carbonyl (C=O) groups excluding carboxylic acids is 1. The summed E-state index contributed by atoms with van der Waals surface area (Å²) in [5.74, 6) is 0. The van der Waals surface area contributed by atoms with E-state index in [4.69, 9.17) is 10.1 Å². The molecule has 2 aromatic heterocycles. The number of hydrogen-bond acceptors (Lipinski definition) is 5. The topological polar surface area (TPSA) is 95.9 Å². The van der Waals surface area contributed by atoms with E-state index in [1.165, 1.54) is 3.57 Å². The number of aromatic amines is 1. The zero-order chi connectivity index (χ0) is 21.3. The van der Waals surface area contributed by atoms with Crippen LogP contribution in [0.25, 0.3) is 5.69 Å². The Labute approximate surface area is 330 Å². The third-order valence-corrected chi connectivity index (χ3v) is 4.62. The molecule has 0 amide bonds. The minimum absolute atomic E-state index is 0. The average molecular weight is 902 g/mol. The Morgan fingerprint density at radius 2 is 1.55 bits per heavy atom. The van der Waals surface area contributed by atoms with Gasteiger partial charge in [0.2, 0.25) is 0 Å². The molecule has 4 rings (SSSR count). The van der Waals surface area contributed by atoms with E-state index >= 15 is 0 Å². The van der Waals surface area contributed by atoms with Gasteiger partial charge in [0.05, 0.1) is 5.69 Å². The van der Waals surface area contributed by atoms with E-state index < -0.39 is 0 Å². The maximum atomic E-state index is 8.64. The fourth-order valence-electron chi connectivity index (χ4n) is 1.66. The maximum absolute atomic E-state index is 8.64. The van der Waals surface area contributed by atoms with Crippen LogP contribution in [0, 0.1) is 3.57 Å². The molecule has 0 bridgehead atoms. The van der Waals surface area contributed by atoms with Crippen LogP contribution in [0.4, 0.5) is 0 Å². The molecule has 0 fully saturated rings. The summed E-state index contributed by atoms with van der Waals surface area (Å²) in [6, 6.07) is 19.9. The fourth-order valence-corrected chi connectivity index (χ4v) is 2.55. The summed E-state index contributed by atoms with van der Waals surface area (Å²) in [6.45, 7) is -0.181. The second-order valence-electron chi connectivity index (χ2n) is 4.82. The molecule has 0 unspecified atom stereocenters. The quantitative estimate of drug-likeness (QED) is 0.117. The second kappa shape index (κ2) is 23.8. The number of rotatable bonds is 2. The standard InChI is InChI=1S/C9H7BrN2.C6H4BrI.C3H4N2.CH2O3.2Cs.H/c10-8-2-4-9(5-3-8)12-7-1-6-11-12;7-5-1-3-6(8)4-2-5;1-2-4-5-3-1;2-1-4-3;;;/h1-7H;1-4H;1-3H,(H,4,5);1,3H;;;/q;;;;2*+1;-1/p-1. The van der Waals surface area contributed by atoms with Gasteiger partial charge in [-0.1, -0.05) is 31.9 Å². The van der Waals surface area contributed by atoms with Crippen LogP contribution in [0.5, 0.6) is 0 Å². The average Bonchev–Trinajstić information content (AvgIpc) is 3.48. The van der Waals surface area contributed by atoms with Crippen LogP contribution < -0.4 is 143 Å². The van der Waals surface area contributed by atoms with Gasteiger partial charge in [-0.2, -0.15) is 10.2 Å². The van der Waals surface area contributed by atoms with Crippen molar-refractivity contribution in [2.45, 2.75) is 0 Å². The van der Waals surface area contributed by atoms with Crippen molar-refractivity contribution in [1.82, 2.24) is 20.0 Å². The molecule has 0 atom stereocenters. The number of H-pyrrole nitrogens is 1. The molecule has 12 heteroatoms. The third kappa shape index (κ3) is 19.0. The van der Waals surface area contributed by atoms with E-state index in [1.54, 1.807) is 18.6 Å². The molecule has 0 aliphatic carbocycles. The van der Waals surface area contributed by atoms with Crippen molar-refractivity contribution >= 4 is 60.9 Å². The molecule has 1 N–H and O–H groups in total. The van der Waals surface area contributed by atoms with Crippen molar-refractivity contribution < 1.29 is 154 Å². The number of nitrogens with zero attached hydrogens (tertiary/aromatic N) is 3. The first-order valence-corrected chi connectivity index (χ1v) is 10.6. The first-order valence-electron chi connectivity index (χ1n) is 7.89. The third-order valence-electron chi connectivity index (χ3n) is 2.84. The van der Waals surface area contributed by atoms with E-state index in [9.17, 15) is 0 Å². The van der Waals surface area contributed by atoms with Crippen LogP contribution in [0.2, 0.25) is 0 Å². The van der Waals surface area contributed by atoms with Gasteiger partial charge in [0, 0.05) is 37.3 Å². The van der Waals surface area contributed by atoms with Gasteiger partial charge in [-0.15, -0.1) is 0 Å². The number of aromatic nitrogens is 4. The molecule has 2 heterocycles. The Kier molecular flexibility index (Phi) is 27.1. The molecular formula is C19H17Br2Cs2IN4O3. The van der Waals surface area contributed by atoms with E-state index in [0.717, 1.165) is 14.6 Å². The van der Waals surface area contributed by atoms with Crippen molar-refractivity contribution in [2.75, 3.05) is 0 Å². The summed E-state index contributed by atoms with van der Waals surface area (Å²) in [4.78, 5) is 11.2. The number of carbonyl (C=O) groups is 1. The minimum Gasteiger partial charge on any atom is -1.00 e. The monoisotopic (exact) mass is 900 g/mol. The molecule has 2 aromatic carbocycles. The van der Waals surface area contributed by atoms with E-state index in [0.29, 0.717) is 0 Å². The van der Waals surface area contributed by atoms with E-state index in [1.807, 2.05) is 59.4 Å². The molecule has 154 valence electrons. The van der Waals surface area contributed by atoms with Crippen LogP contribution in [0.1, 0.15) is 1.43 Å². The summed E-state index contributed by atoms with van der Waals surface area (Å²) in [5.41, 5.74) is 1.07. The zero-order valence-corrected chi connectivity index (χ0v) is 34.8. The number of nitrogens with one attached hydrogen (secondary N) is 1. The summed E-state index contributed by atoms with van der Waals surface area (Å²) >= 11 is 9.00. The van der Waals surface area contributed by atoms with Crippen LogP contribution in [-0.2, 0) is 9.68 Å². The van der Waals surface area contributed by atoms with Crippen molar-refractivity contribution in [2.24, 2.45) is 0 Å². The Hall–Kier alpha value is 2.08. The molecule has 0 spiro atoms. The predicted molar refractivity (Wildman–Crippen MR) is 125 cm³/mol. The number of hydrogen-bond donors (Lipinski definition) is 1. The molecule has 0 saturated carbocycles. The van der Waals surface area contributed by atoms with Crippen LogP contribution in [0.3, 0.4) is 0 Å². The van der Waals surface area contributed by atoms with E-state index in [-0.39, 0.29) is 146 Å². The molecule has 31 heavy (non-hydrogen) atoms. The van der Waals surface area contributed by atoms with Crippen molar-refractivity contribution in [1.29, 1.82) is 0 Å². The molecular weight excluding hydrogens is 885 g/mol. The van der Waals surface area contributed by atoms with Crippen LogP contribution in [-0.4, -0.2) is 26.5 Å². The van der Waals surface area contributed by atoms with Crippen molar-refractivity contribution in [3.8, 4) is 5.69 Å². The Balaban J connectivity index is -0.000000370. The summed E-state index contributed by atoms with van der Waals surface area (Å²) in [5, 5.41) is 18.8. The van der Waals surface area contributed by atoms with Gasteiger partial charge in [0.25, 0.3) is 6.47 Å². The molecule has 0 saturated heterocycles. The number of halogens is 3. The smallest absolute Gasteiger partial charge is 1.00 e. The van der Waals surface area contributed by atoms with Gasteiger partial charge in [0.1, 0.15) is 0 Å². The van der Waals surface area contributed by atoms with Crippen LogP contribution in [0.15, 0.2) is 94.4 Å². The van der Waals surface area contributed by atoms with E-state index in [2.05, 4.69) is 86.8 Å². The van der Waals surface area contributed by atoms with Gasteiger partial charge in [-0.25, -0.2) is 4.68 Å². The number of benzene rings is 2. The maximum Gasteiger partial charge on any atom is 1.00 e. The molecule has 0 aliphatic heterocycles. The van der Waals surface area contributed by atoms with Gasteiger partial charge < -0.3 is 11.6 Å². The summed E-state index contributed by atoms with van der Waals surface area (Å²) in [6.07, 6.45) is 7.14. The Morgan fingerprint density at radius 1 is 1.00 bits per heavy atom.